The molecule has 1 amide bonds. The van der Waals surface area contributed by atoms with Gasteiger partial charge in [0.15, 0.2) is 0 Å². The van der Waals surface area contributed by atoms with Gasteiger partial charge < -0.3 is 14.8 Å². The van der Waals surface area contributed by atoms with Crippen LogP contribution in [-0.2, 0) is 9.53 Å². The Morgan fingerprint density at radius 1 is 1.44 bits per heavy atom. The molecule has 1 aromatic rings. The normalized spacial score (nSPS) is 16.3. The Morgan fingerprint density at radius 2 is 2.17 bits per heavy atom. The molecule has 18 heavy (non-hydrogen) atoms. The molecule has 0 aromatic heterocycles. The van der Waals surface area contributed by atoms with Crippen LogP contribution in [0, 0.1) is 5.92 Å². The minimum atomic E-state index is 0.0552. The van der Waals surface area contributed by atoms with Gasteiger partial charge in [0.05, 0.1) is 11.6 Å². The second kappa shape index (κ2) is 6.20. The summed E-state index contributed by atoms with van der Waals surface area (Å²) in [7, 11) is 1.61. The van der Waals surface area contributed by atoms with E-state index in [1.54, 1.807) is 7.11 Å². The molecule has 1 aliphatic rings. The number of amides is 1. The fourth-order valence-electron chi connectivity index (χ4n) is 1.95. The molecule has 98 valence electrons. The summed E-state index contributed by atoms with van der Waals surface area (Å²) >= 11 is 3.40. The summed E-state index contributed by atoms with van der Waals surface area (Å²) in [6.45, 7) is 1.34. The van der Waals surface area contributed by atoms with Gasteiger partial charge in [-0.15, -0.1) is 0 Å². The van der Waals surface area contributed by atoms with Gasteiger partial charge in [-0.1, -0.05) is 0 Å². The van der Waals surface area contributed by atoms with Crippen LogP contribution in [0.4, 0.5) is 5.69 Å². The minimum Gasteiger partial charge on any atom is -0.496 e. The van der Waals surface area contributed by atoms with Crippen molar-refractivity contribution in [1.82, 2.24) is 0 Å². The summed E-state index contributed by atoms with van der Waals surface area (Å²) in [5.41, 5.74) is 0.777. The molecule has 1 fully saturated rings. The molecule has 1 saturated heterocycles. The second-order valence-corrected chi connectivity index (χ2v) is 5.08. The second-order valence-electron chi connectivity index (χ2n) is 4.23. The van der Waals surface area contributed by atoms with Gasteiger partial charge in [-0.3, -0.25) is 4.79 Å². The summed E-state index contributed by atoms with van der Waals surface area (Å²) in [5, 5.41) is 2.92. The highest BCUT2D eigenvalue weighted by atomic mass is 79.9. The number of nitrogens with one attached hydrogen (secondary N) is 1. The number of ether oxygens (including phenoxy) is 2. The van der Waals surface area contributed by atoms with Crippen LogP contribution in [0.15, 0.2) is 22.7 Å². The van der Waals surface area contributed by atoms with Gasteiger partial charge in [-0.2, -0.15) is 0 Å². The summed E-state index contributed by atoms with van der Waals surface area (Å²) in [5.74, 6) is 0.869. The standard InChI is InChI=1S/C13H16BrNO3/c1-17-12-3-2-10(8-11(12)14)15-13(16)9-4-6-18-7-5-9/h2-3,8-9H,4-7H2,1H3,(H,15,16). The zero-order valence-corrected chi connectivity index (χ0v) is 11.8. The monoisotopic (exact) mass is 313 g/mol. The van der Waals surface area contributed by atoms with E-state index in [1.165, 1.54) is 0 Å². The van der Waals surface area contributed by atoms with Crippen molar-refractivity contribution in [2.24, 2.45) is 5.92 Å². The maximum absolute atomic E-state index is 12.0. The topological polar surface area (TPSA) is 47.6 Å². The van der Waals surface area contributed by atoms with Crippen molar-refractivity contribution in [3.8, 4) is 5.75 Å². The van der Waals surface area contributed by atoms with Crippen molar-refractivity contribution < 1.29 is 14.3 Å². The average molecular weight is 314 g/mol. The number of carbonyl (C=O) groups is 1. The van der Waals surface area contributed by atoms with Gasteiger partial charge in [-0.25, -0.2) is 0 Å². The number of hydrogen-bond donors (Lipinski definition) is 1. The SMILES string of the molecule is COc1ccc(NC(=O)C2CCOCC2)cc1Br. The van der Waals surface area contributed by atoms with Gasteiger partial charge in [0.25, 0.3) is 0 Å². The van der Waals surface area contributed by atoms with Crippen molar-refractivity contribution in [1.29, 1.82) is 0 Å². The Bertz CT molecular complexity index is 430. The summed E-state index contributed by atoms with van der Waals surface area (Å²) < 4.78 is 11.2. The van der Waals surface area contributed by atoms with Crippen LogP contribution >= 0.6 is 15.9 Å². The fourth-order valence-corrected chi connectivity index (χ4v) is 2.49. The van der Waals surface area contributed by atoms with E-state index in [-0.39, 0.29) is 11.8 Å². The average Bonchev–Trinajstić information content (AvgIpc) is 2.40. The first kappa shape index (κ1) is 13.4. The predicted octanol–water partition coefficient (Wildman–Crippen LogP) is 2.82. The molecule has 0 atom stereocenters. The third-order valence-corrected chi connectivity index (χ3v) is 3.63. The Hall–Kier alpha value is -1.07. The van der Waals surface area contributed by atoms with E-state index in [2.05, 4.69) is 21.2 Å². The lowest BCUT2D eigenvalue weighted by atomic mass is 9.99. The number of benzene rings is 1. The van der Waals surface area contributed by atoms with E-state index >= 15 is 0 Å². The van der Waals surface area contributed by atoms with Crippen LogP contribution < -0.4 is 10.1 Å². The van der Waals surface area contributed by atoms with Crippen LogP contribution in [-0.4, -0.2) is 26.2 Å². The lowest BCUT2D eigenvalue weighted by molar-refractivity contribution is -0.122. The molecule has 0 saturated carbocycles. The highest BCUT2D eigenvalue weighted by Crippen LogP contribution is 2.28. The van der Waals surface area contributed by atoms with Gasteiger partial charge >= 0.3 is 0 Å². The van der Waals surface area contributed by atoms with E-state index in [1.807, 2.05) is 18.2 Å². The van der Waals surface area contributed by atoms with Gasteiger partial charge in [-0.05, 0) is 47.0 Å². The molecule has 5 heteroatoms. The fraction of sp³-hybridized carbons (Fsp3) is 0.462. The molecular weight excluding hydrogens is 298 g/mol. The summed E-state index contributed by atoms with van der Waals surface area (Å²) in [6.07, 6.45) is 1.59. The summed E-state index contributed by atoms with van der Waals surface area (Å²) in [4.78, 5) is 12.0. The Balaban J connectivity index is 2.00. The Labute approximate surface area is 115 Å². The predicted molar refractivity (Wildman–Crippen MR) is 72.9 cm³/mol. The molecule has 0 radical (unpaired) electrons. The first-order chi connectivity index (χ1) is 8.70. The molecule has 4 nitrogen and oxygen atoms in total. The number of hydrogen-bond acceptors (Lipinski definition) is 3. The third kappa shape index (κ3) is 3.23. The molecule has 1 heterocycles. The molecule has 1 N–H and O–H groups in total. The first-order valence-corrected chi connectivity index (χ1v) is 6.72. The molecule has 0 bridgehead atoms. The van der Waals surface area contributed by atoms with Gasteiger partial charge in [0.2, 0.25) is 5.91 Å². The van der Waals surface area contributed by atoms with E-state index in [0.29, 0.717) is 13.2 Å². The van der Waals surface area contributed by atoms with Crippen molar-refractivity contribution in [3.63, 3.8) is 0 Å². The van der Waals surface area contributed by atoms with Crippen molar-refractivity contribution in [2.75, 3.05) is 25.6 Å². The van der Waals surface area contributed by atoms with E-state index in [4.69, 9.17) is 9.47 Å². The Kier molecular flexibility index (Phi) is 4.60. The Morgan fingerprint density at radius 3 is 2.78 bits per heavy atom. The number of halogens is 1. The van der Waals surface area contributed by atoms with Crippen LogP contribution in [0.1, 0.15) is 12.8 Å². The minimum absolute atomic E-state index is 0.0552. The van der Waals surface area contributed by atoms with Gasteiger partial charge in [0.1, 0.15) is 5.75 Å². The number of anilines is 1. The molecular formula is C13H16BrNO3. The van der Waals surface area contributed by atoms with Crippen LogP contribution in [0.2, 0.25) is 0 Å². The van der Waals surface area contributed by atoms with Crippen LogP contribution in [0.3, 0.4) is 0 Å². The number of rotatable bonds is 3. The smallest absolute Gasteiger partial charge is 0.227 e. The molecule has 0 unspecified atom stereocenters. The van der Waals surface area contributed by atoms with E-state index in [0.717, 1.165) is 28.8 Å². The van der Waals surface area contributed by atoms with E-state index < -0.39 is 0 Å². The van der Waals surface area contributed by atoms with Crippen molar-refractivity contribution >= 4 is 27.5 Å². The lowest BCUT2D eigenvalue weighted by Crippen LogP contribution is -2.28. The van der Waals surface area contributed by atoms with Crippen LogP contribution in [0.25, 0.3) is 0 Å². The quantitative estimate of drug-likeness (QED) is 0.933. The number of carbonyl (C=O) groups excluding carboxylic acids is 1. The largest absolute Gasteiger partial charge is 0.496 e. The van der Waals surface area contributed by atoms with Crippen molar-refractivity contribution in [2.45, 2.75) is 12.8 Å². The first-order valence-electron chi connectivity index (χ1n) is 5.93. The van der Waals surface area contributed by atoms with Gasteiger partial charge in [0, 0.05) is 24.8 Å². The van der Waals surface area contributed by atoms with E-state index in [9.17, 15) is 4.79 Å². The third-order valence-electron chi connectivity index (χ3n) is 3.01. The van der Waals surface area contributed by atoms with Crippen molar-refractivity contribution in [3.05, 3.63) is 22.7 Å². The molecule has 1 aliphatic heterocycles. The lowest BCUT2D eigenvalue weighted by Gasteiger charge is -2.21. The highest BCUT2D eigenvalue weighted by Gasteiger charge is 2.21. The zero-order valence-electron chi connectivity index (χ0n) is 10.2. The molecule has 1 aromatic carbocycles. The summed E-state index contributed by atoms with van der Waals surface area (Å²) in [6, 6.07) is 5.50. The molecule has 0 spiro atoms. The zero-order chi connectivity index (χ0) is 13.0. The number of methoxy groups -OCH3 is 1. The molecule has 0 aliphatic carbocycles. The maximum Gasteiger partial charge on any atom is 0.227 e. The highest BCUT2D eigenvalue weighted by molar-refractivity contribution is 9.10. The van der Waals surface area contributed by atoms with Crippen LogP contribution in [0.5, 0.6) is 5.75 Å². The molecule has 2 rings (SSSR count). The maximum atomic E-state index is 12.0.